The maximum atomic E-state index is 11.8. The number of hydrogen-bond acceptors (Lipinski definition) is 3. The lowest BCUT2D eigenvalue weighted by molar-refractivity contribution is -0.126. The molecule has 4 N–H and O–H groups in total. The summed E-state index contributed by atoms with van der Waals surface area (Å²) in [6.45, 7) is 2.49. The summed E-state index contributed by atoms with van der Waals surface area (Å²) in [6, 6.07) is 0.0184. The number of aliphatic hydroxyl groups is 1. The average molecular weight is 228 g/mol. The molecule has 1 aliphatic rings. The molecular formula is C12H24N2O2. The van der Waals surface area contributed by atoms with Gasteiger partial charge in [-0.25, -0.2) is 0 Å². The fourth-order valence-corrected chi connectivity index (χ4v) is 2.18. The zero-order valence-corrected chi connectivity index (χ0v) is 10.1. The van der Waals surface area contributed by atoms with Crippen LogP contribution in [-0.2, 0) is 4.79 Å². The minimum absolute atomic E-state index is 0.0184. The molecule has 0 heterocycles. The van der Waals surface area contributed by atoms with Crippen molar-refractivity contribution in [1.29, 1.82) is 0 Å². The number of nitrogens with two attached hydrogens (primary N) is 1. The molecule has 4 heteroatoms. The summed E-state index contributed by atoms with van der Waals surface area (Å²) in [5, 5.41) is 12.2. The highest BCUT2D eigenvalue weighted by Crippen LogP contribution is 2.22. The summed E-state index contributed by atoms with van der Waals surface area (Å²) in [6.07, 6.45) is 5.16. The summed E-state index contributed by atoms with van der Waals surface area (Å²) in [5.74, 6) is 0.0445. The van der Waals surface area contributed by atoms with E-state index in [4.69, 9.17) is 5.73 Å². The monoisotopic (exact) mass is 228 g/mol. The highest BCUT2D eigenvalue weighted by Gasteiger charge is 2.27. The third kappa shape index (κ3) is 4.10. The molecule has 0 bridgehead atoms. The second-order valence-corrected chi connectivity index (χ2v) is 4.70. The molecule has 0 aromatic rings. The Bertz CT molecular complexity index is 221. The smallest absolute Gasteiger partial charge is 0.224 e. The molecule has 0 radical (unpaired) electrons. The predicted molar refractivity (Wildman–Crippen MR) is 63.9 cm³/mol. The van der Waals surface area contributed by atoms with Crippen molar-refractivity contribution in [2.75, 3.05) is 6.54 Å². The molecular weight excluding hydrogens is 204 g/mol. The fourth-order valence-electron chi connectivity index (χ4n) is 2.18. The standard InChI is InChI=1S/C12H24N2O2/c1-2-9(15)7-8-14-12(16)10-5-3-4-6-11(10)13/h9-11,15H,2-8,13H2,1H3,(H,14,16). The second kappa shape index (κ2) is 6.86. The molecule has 1 amide bonds. The lowest BCUT2D eigenvalue weighted by atomic mass is 9.84. The quantitative estimate of drug-likeness (QED) is 0.651. The van der Waals surface area contributed by atoms with Crippen molar-refractivity contribution in [3.8, 4) is 0 Å². The first kappa shape index (κ1) is 13.5. The first-order valence-corrected chi connectivity index (χ1v) is 6.36. The van der Waals surface area contributed by atoms with Gasteiger partial charge in [0.05, 0.1) is 12.0 Å². The third-order valence-corrected chi connectivity index (χ3v) is 3.40. The molecule has 0 aromatic carbocycles. The number of carbonyl (C=O) groups excluding carboxylic acids is 1. The largest absolute Gasteiger partial charge is 0.393 e. The first-order valence-electron chi connectivity index (χ1n) is 6.36. The van der Waals surface area contributed by atoms with Crippen molar-refractivity contribution in [2.45, 2.75) is 57.6 Å². The van der Waals surface area contributed by atoms with E-state index >= 15 is 0 Å². The normalized spacial score (nSPS) is 27.4. The number of carbonyl (C=O) groups is 1. The lowest BCUT2D eigenvalue weighted by Crippen LogP contribution is -2.44. The zero-order chi connectivity index (χ0) is 12.0. The van der Waals surface area contributed by atoms with Crippen LogP contribution in [0.5, 0.6) is 0 Å². The van der Waals surface area contributed by atoms with Crippen LogP contribution in [0.1, 0.15) is 45.4 Å². The van der Waals surface area contributed by atoms with Crippen molar-refractivity contribution >= 4 is 5.91 Å². The Hall–Kier alpha value is -0.610. The van der Waals surface area contributed by atoms with Crippen LogP contribution < -0.4 is 11.1 Å². The second-order valence-electron chi connectivity index (χ2n) is 4.70. The van der Waals surface area contributed by atoms with Gasteiger partial charge in [0.25, 0.3) is 0 Å². The number of rotatable bonds is 5. The van der Waals surface area contributed by atoms with Crippen molar-refractivity contribution < 1.29 is 9.90 Å². The van der Waals surface area contributed by atoms with Gasteiger partial charge in [-0.2, -0.15) is 0 Å². The molecule has 0 aliphatic heterocycles. The maximum absolute atomic E-state index is 11.8. The van der Waals surface area contributed by atoms with Gasteiger partial charge in [-0.1, -0.05) is 19.8 Å². The third-order valence-electron chi connectivity index (χ3n) is 3.40. The van der Waals surface area contributed by atoms with E-state index in [-0.39, 0.29) is 24.0 Å². The fraction of sp³-hybridized carbons (Fsp3) is 0.917. The molecule has 0 aromatic heterocycles. The van der Waals surface area contributed by atoms with Gasteiger partial charge in [-0.15, -0.1) is 0 Å². The van der Waals surface area contributed by atoms with Crippen LogP contribution in [0.3, 0.4) is 0 Å². The SMILES string of the molecule is CCC(O)CCNC(=O)C1CCCCC1N. The lowest BCUT2D eigenvalue weighted by Gasteiger charge is -2.27. The summed E-state index contributed by atoms with van der Waals surface area (Å²) >= 11 is 0. The number of hydrogen-bond donors (Lipinski definition) is 3. The molecule has 4 nitrogen and oxygen atoms in total. The average Bonchev–Trinajstić information content (AvgIpc) is 2.29. The van der Waals surface area contributed by atoms with E-state index < -0.39 is 0 Å². The van der Waals surface area contributed by atoms with Gasteiger partial charge in [-0.3, -0.25) is 4.79 Å². The van der Waals surface area contributed by atoms with Gasteiger partial charge >= 0.3 is 0 Å². The Morgan fingerprint density at radius 1 is 1.50 bits per heavy atom. The summed E-state index contributed by atoms with van der Waals surface area (Å²) in [5.41, 5.74) is 5.93. The van der Waals surface area contributed by atoms with E-state index in [1.807, 2.05) is 6.92 Å². The Morgan fingerprint density at radius 2 is 2.19 bits per heavy atom. The summed E-state index contributed by atoms with van der Waals surface area (Å²) in [7, 11) is 0. The topological polar surface area (TPSA) is 75.3 Å². The Balaban J connectivity index is 2.23. The molecule has 3 atom stereocenters. The molecule has 1 rings (SSSR count). The van der Waals surface area contributed by atoms with Crippen molar-refractivity contribution in [3.63, 3.8) is 0 Å². The van der Waals surface area contributed by atoms with Crippen LogP contribution >= 0.6 is 0 Å². The number of nitrogens with one attached hydrogen (secondary N) is 1. The minimum atomic E-state index is -0.305. The molecule has 16 heavy (non-hydrogen) atoms. The van der Waals surface area contributed by atoms with E-state index in [1.165, 1.54) is 0 Å². The van der Waals surface area contributed by atoms with Crippen LogP contribution in [0.4, 0.5) is 0 Å². The van der Waals surface area contributed by atoms with Crippen LogP contribution in [-0.4, -0.2) is 29.7 Å². The van der Waals surface area contributed by atoms with Crippen LogP contribution in [0.15, 0.2) is 0 Å². The molecule has 94 valence electrons. The molecule has 1 aliphatic carbocycles. The van der Waals surface area contributed by atoms with E-state index in [1.54, 1.807) is 0 Å². The molecule has 0 spiro atoms. The Labute approximate surface area is 97.6 Å². The minimum Gasteiger partial charge on any atom is -0.393 e. The van der Waals surface area contributed by atoms with Crippen molar-refractivity contribution in [2.24, 2.45) is 11.7 Å². The van der Waals surface area contributed by atoms with Crippen molar-refractivity contribution in [1.82, 2.24) is 5.32 Å². The van der Waals surface area contributed by atoms with Crippen LogP contribution in [0, 0.1) is 5.92 Å². The molecule has 1 fully saturated rings. The number of aliphatic hydroxyl groups excluding tert-OH is 1. The van der Waals surface area contributed by atoms with Crippen molar-refractivity contribution in [3.05, 3.63) is 0 Å². The molecule has 3 unspecified atom stereocenters. The number of amides is 1. The zero-order valence-electron chi connectivity index (χ0n) is 10.1. The van der Waals surface area contributed by atoms with E-state index in [2.05, 4.69) is 5.32 Å². The highest BCUT2D eigenvalue weighted by atomic mass is 16.3. The van der Waals surface area contributed by atoms with E-state index in [0.29, 0.717) is 13.0 Å². The van der Waals surface area contributed by atoms with Gasteiger partial charge in [0.15, 0.2) is 0 Å². The van der Waals surface area contributed by atoms with Gasteiger partial charge in [0, 0.05) is 12.6 Å². The van der Waals surface area contributed by atoms with Gasteiger partial charge in [-0.05, 0) is 25.7 Å². The van der Waals surface area contributed by atoms with E-state index in [9.17, 15) is 9.90 Å². The van der Waals surface area contributed by atoms with E-state index in [0.717, 1.165) is 32.1 Å². The van der Waals surface area contributed by atoms with Gasteiger partial charge in [0.2, 0.25) is 5.91 Å². The highest BCUT2D eigenvalue weighted by molar-refractivity contribution is 5.79. The predicted octanol–water partition coefficient (Wildman–Crippen LogP) is 0.781. The first-order chi connectivity index (χ1) is 7.65. The Morgan fingerprint density at radius 3 is 2.81 bits per heavy atom. The summed E-state index contributed by atoms with van der Waals surface area (Å²) in [4.78, 5) is 11.8. The van der Waals surface area contributed by atoms with Crippen LogP contribution in [0.2, 0.25) is 0 Å². The maximum Gasteiger partial charge on any atom is 0.224 e. The molecule has 1 saturated carbocycles. The Kier molecular flexibility index (Phi) is 5.77. The molecule has 0 saturated heterocycles. The van der Waals surface area contributed by atoms with Gasteiger partial charge in [0.1, 0.15) is 0 Å². The van der Waals surface area contributed by atoms with Crippen LogP contribution in [0.25, 0.3) is 0 Å². The summed E-state index contributed by atoms with van der Waals surface area (Å²) < 4.78 is 0. The van der Waals surface area contributed by atoms with Gasteiger partial charge < -0.3 is 16.2 Å².